The second kappa shape index (κ2) is 7.16. The van der Waals surface area contributed by atoms with E-state index in [1.165, 1.54) is 27.3 Å². The number of para-hydroxylation sites is 3. The second-order valence-electron chi connectivity index (χ2n) is 6.86. The molecule has 0 fully saturated rings. The van der Waals surface area contributed by atoms with E-state index in [-0.39, 0.29) is 0 Å². The maximum absolute atomic E-state index is 5.78. The first-order valence-electron chi connectivity index (χ1n) is 9.45. The summed E-state index contributed by atoms with van der Waals surface area (Å²) in [5.74, 6) is 1.98. The van der Waals surface area contributed by atoms with Gasteiger partial charge in [0.25, 0.3) is 0 Å². The molecule has 2 nitrogen and oxygen atoms in total. The van der Waals surface area contributed by atoms with Gasteiger partial charge in [-0.3, -0.25) is 4.98 Å². The van der Waals surface area contributed by atoms with Crippen molar-refractivity contribution in [3.05, 3.63) is 114 Å². The molecule has 0 aliphatic carbocycles. The van der Waals surface area contributed by atoms with Crippen LogP contribution in [0.5, 0.6) is 11.5 Å². The lowest BCUT2D eigenvalue weighted by Gasteiger charge is -2.19. The molecule has 0 N–H and O–H groups in total. The first-order chi connectivity index (χ1) is 13.9. The Hall–Kier alpha value is -3.65. The molecule has 0 unspecified atom stereocenters. The molecule has 5 aromatic rings. The molecule has 2 heterocycles. The number of fused-ring (bicyclic) bond motifs is 5. The molecule has 0 spiro atoms. The zero-order valence-electron chi connectivity index (χ0n) is 15.4. The van der Waals surface area contributed by atoms with Gasteiger partial charge in [0.2, 0.25) is 0 Å². The highest BCUT2D eigenvalue weighted by molar-refractivity contribution is 6.05. The number of ether oxygens (including phenoxy) is 1. The topological polar surface area (TPSA) is 22.1 Å². The fourth-order valence-electron chi connectivity index (χ4n) is 3.63. The van der Waals surface area contributed by atoms with Gasteiger partial charge in [0.15, 0.2) is 0 Å². The number of pyridine rings is 1. The van der Waals surface area contributed by atoms with Crippen molar-refractivity contribution in [3.63, 3.8) is 0 Å². The van der Waals surface area contributed by atoms with Crippen LogP contribution >= 0.6 is 0 Å². The normalized spacial score (nSPS) is 11.7. The summed E-state index contributed by atoms with van der Waals surface area (Å²) in [5, 5.41) is 3.70. The van der Waals surface area contributed by atoms with Gasteiger partial charge in [-0.2, -0.15) is 0 Å². The van der Waals surface area contributed by atoms with Crippen molar-refractivity contribution in [1.29, 1.82) is 0 Å². The lowest BCUT2D eigenvalue weighted by molar-refractivity contribution is 0.460. The third-order valence-corrected chi connectivity index (χ3v) is 5.04. The Labute approximate surface area is 164 Å². The minimum absolute atomic E-state index is 0.979. The fourth-order valence-corrected chi connectivity index (χ4v) is 3.63. The van der Waals surface area contributed by atoms with Gasteiger partial charge in [0, 0.05) is 23.4 Å². The largest absolute Gasteiger partial charge is 0.457 e. The molecule has 0 atom stereocenters. The molecule has 0 saturated carbocycles. The van der Waals surface area contributed by atoms with Gasteiger partial charge in [-0.15, -0.1) is 0 Å². The quantitative estimate of drug-likeness (QED) is 0.278. The molecule has 1 aliphatic rings. The van der Waals surface area contributed by atoms with Crippen LogP contribution in [0.2, 0.25) is 0 Å². The van der Waals surface area contributed by atoms with Gasteiger partial charge >= 0.3 is 0 Å². The van der Waals surface area contributed by atoms with E-state index in [0.29, 0.717) is 0 Å². The van der Waals surface area contributed by atoms with Crippen molar-refractivity contribution in [3.8, 4) is 11.5 Å². The van der Waals surface area contributed by atoms with Crippen molar-refractivity contribution >= 4 is 21.7 Å². The average Bonchev–Trinajstić information content (AvgIpc) is 2.78. The first kappa shape index (κ1) is 16.5. The summed E-state index contributed by atoms with van der Waals surface area (Å²) in [5.41, 5.74) is 3.60. The molecule has 0 radical (unpaired) electrons. The third-order valence-electron chi connectivity index (χ3n) is 5.04. The van der Waals surface area contributed by atoms with Crippen LogP contribution in [0.3, 0.4) is 0 Å². The summed E-state index contributed by atoms with van der Waals surface area (Å²) in [6, 6.07) is 33.0. The monoisotopic (exact) mass is 361 g/mol. The number of aromatic nitrogens is 1. The molecule has 0 amide bonds. The zero-order chi connectivity index (χ0) is 18.8. The summed E-state index contributed by atoms with van der Waals surface area (Å²) >= 11 is 0. The minimum atomic E-state index is 0.979. The van der Waals surface area contributed by atoms with Crippen molar-refractivity contribution in [2.45, 2.75) is 6.42 Å². The summed E-state index contributed by atoms with van der Waals surface area (Å²) in [6.45, 7) is 0. The number of nitrogens with zero attached hydrogens (tertiary/aromatic N) is 1. The van der Waals surface area contributed by atoms with Crippen LogP contribution in [0.4, 0.5) is 0 Å². The number of benzene rings is 4. The molecule has 0 saturated heterocycles. The van der Waals surface area contributed by atoms with Gasteiger partial charge in [-0.05, 0) is 34.7 Å². The number of hydrogen-bond donors (Lipinski definition) is 0. The lowest BCUT2D eigenvalue weighted by atomic mass is 10.0. The van der Waals surface area contributed by atoms with Crippen molar-refractivity contribution in [2.24, 2.45) is 0 Å². The van der Waals surface area contributed by atoms with Gasteiger partial charge in [0.05, 0.1) is 5.52 Å². The molecular weight excluding hydrogens is 342 g/mol. The van der Waals surface area contributed by atoms with E-state index in [4.69, 9.17) is 4.74 Å². The molecule has 2 heteroatoms. The van der Waals surface area contributed by atoms with Gasteiger partial charge in [-0.1, -0.05) is 78.9 Å². The molecule has 134 valence electrons. The van der Waals surface area contributed by atoms with E-state index in [0.717, 1.165) is 23.4 Å². The molecule has 28 heavy (non-hydrogen) atoms. The highest BCUT2D eigenvalue weighted by Gasteiger charge is 2.14. The highest BCUT2D eigenvalue weighted by atomic mass is 16.5. The first-order valence-corrected chi connectivity index (χ1v) is 9.45. The zero-order valence-corrected chi connectivity index (χ0v) is 15.4. The van der Waals surface area contributed by atoms with Crippen LogP contribution in [-0.2, 0) is 6.42 Å². The highest BCUT2D eigenvalue weighted by Crippen LogP contribution is 2.35. The summed E-state index contributed by atoms with van der Waals surface area (Å²) < 4.78 is 5.78. The maximum atomic E-state index is 5.78. The molecule has 1 aromatic heterocycles. The van der Waals surface area contributed by atoms with Gasteiger partial charge < -0.3 is 4.74 Å². The average molecular weight is 361 g/mol. The van der Waals surface area contributed by atoms with E-state index in [9.17, 15) is 0 Å². The smallest absolute Gasteiger partial charge is 0.130 e. The fraction of sp³-hybridized carbons (Fsp3) is 0.0385. The van der Waals surface area contributed by atoms with Crippen molar-refractivity contribution < 1.29 is 4.74 Å². The molecule has 4 aromatic carbocycles. The Morgan fingerprint density at radius 2 is 1.14 bits per heavy atom. The second-order valence-corrected chi connectivity index (χ2v) is 6.86. The van der Waals surface area contributed by atoms with Crippen LogP contribution in [0.1, 0.15) is 11.1 Å². The van der Waals surface area contributed by atoms with E-state index in [1.54, 1.807) is 0 Å². The van der Waals surface area contributed by atoms with Crippen LogP contribution in [0, 0.1) is 0 Å². The van der Waals surface area contributed by atoms with E-state index in [2.05, 4.69) is 59.6 Å². The van der Waals surface area contributed by atoms with Crippen LogP contribution in [0.25, 0.3) is 21.7 Å². The SMILES string of the molecule is c1ccc2c(c1)Cc1ccccc1O2.c1ccc2c(c1)cnc1ccccc12. The van der Waals surface area contributed by atoms with E-state index < -0.39 is 0 Å². The third kappa shape index (κ3) is 3.10. The Balaban J connectivity index is 0.000000122. The minimum Gasteiger partial charge on any atom is -0.457 e. The van der Waals surface area contributed by atoms with E-state index in [1.807, 2.05) is 48.7 Å². The summed E-state index contributed by atoms with van der Waals surface area (Å²) in [7, 11) is 0. The van der Waals surface area contributed by atoms with Crippen LogP contribution in [0.15, 0.2) is 103 Å². The van der Waals surface area contributed by atoms with Crippen molar-refractivity contribution in [2.75, 3.05) is 0 Å². The summed E-state index contributed by atoms with van der Waals surface area (Å²) in [4.78, 5) is 4.41. The van der Waals surface area contributed by atoms with Crippen molar-refractivity contribution in [1.82, 2.24) is 4.98 Å². The van der Waals surface area contributed by atoms with Crippen LogP contribution in [-0.4, -0.2) is 4.98 Å². The molecular formula is C26H19NO. The number of hydrogen-bond acceptors (Lipinski definition) is 2. The predicted molar refractivity (Wildman–Crippen MR) is 115 cm³/mol. The van der Waals surface area contributed by atoms with Gasteiger partial charge in [0.1, 0.15) is 11.5 Å². The lowest BCUT2D eigenvalue weighted by Crippen LogP contribution is -2.01. The Bertz CT molecular complexity index is 1130. The summed E-state index contributed by atoms with van der Waals surface area (Å²) in [6.07, 6.45) is 2.91. The molecule has 0 bridgehead atoms. The number of rotatable bonds is 0. The Kier molecular flexibility index (Phi) is 4.23. The van der Waals surface area contributed by atoms with E-state index >= 15 is 0 Å². The molecule has 1 aliphatic heterocycles. The molecule has 6 rings (SSSR count). The predicted octanol–water partition coefficient (Wildman–Crippen LogP) is 6.77. The Morgan fingerprint density at radius 3 is 1.89 bits per heavy atom. The van der Waals surface area contributed by atoms with Gasteiger partial charge in [-0.25, -0.2) is 0 Å². The van der Waals surface area contributed by atoms with Crippen LogP contribution < -0.4 is 4.74 Å². The Morgan fingerprint density at radius 1 is 0.571 bits per heavy atom. The standard InChI is InChI=1S/C13H9N.C13H10O/c1-2-6-11-10(5-1)9-14-13-8-4-3-7-12(11)13;1-3-7-12-10(5-1)9-11-6-2-4-8-13(11)14-12/h1-9H;1-8H,9H2. The maximum Gasteiger partial charge on any atom is 0.130 e.